The van der Waals surface area contributed by atoms with Gasteiger partial charge in [-0.25, -0.2) is 0 Å². The van der Waals surface area contributed by atoms with Crippen LogP contribution in [0.2, 0.25) is 0 Å². The van der Waals surface area contributed by atoms with Gasteiger partial charge in [-0.3, -0.25) is 14.5 Å². The van der Waals surface area contributed by atoms with Crippen molar-refractivity contribution in [3.63, 3.8) is 0 Å². The molecule has 37 heavy (non-hydrogen) atoms. The number of nitrogens with zero attached hydrogens (tertiary/aromatic N) is 1. The molecule has 0 saturated carbocycles. The van der Waals surface area contributed by atoms with Crippen LogP contribution in [0, 0.1) is 0 Å². The molecule has 196 valence electrons. The number of ether oxygens (including phenoxy) is 2. The van der Waals surface area contributed by atoms with E-state index in [4.69, 9.17) is 14.6 Å². The number of Topliss-reactive ketones (excluding diaryl/α,β-unsaturated/α-hetero) is 1. The third-order valence-electron chi connectivity index (χ3n) is 6.16. The summed E-state index contributed by atoms with van der Waals surface area (Å²) in [5.74, 6) is 0.584. The molecule has 2 N–H and O–H groups in total. The van der Waals surface area contributed by atoms with Crippen molar-refractivity contribution in [2.75, 3.05) is 32.2 Å². The molecule has 0 atom stereocenters. The Labute approximate surface area is 219 Å². The van der Waals surface area contributed by atoms with E-state index < -0.39 is 6.61 Å². The minimum atomic E-state index is -0.533. The fourth-order valence-electron chi connectivity index (χ4n) is 4.22. The first kappa shape index (κ1) is 27.9. The number of hydrogen-bond donors (Lipinski definition) is 2. The number of methoxy groups -OCH3 is 1. The van der Waals surface area contributed by atoms with E-state index in [1.807, 2.05) is 18.2 Å². The van der Waals surface area contributed by atoms with Gasteiger partial charge in [0.05, 0.1) is 7.11 Å². The molecular weight excluding hydrogens is 468 g/mol. The summed E-state index contributed by atoms with van der Waals surface area (Å²) >= 11 is 0. The van der Waals surface area contributed by atoms with Crippen LogP contribution < -0.4 is 14.8 Å². The highest BCUT2D eigenvalue weighted by molar-refractivity contribution is 6.04. The second-order valence-electron chi connectivity index (χ2n) is 9.33. The Morgan fingerprint density at radius 2 is 1.57 bits per heavy atom. The average Bonchev–Trinajstić information content (AvgIpc) is 2.90. The van der Waals surface area contributed by atoms with Gasteiger partial charge in [-0.15, -0.1) is 0 Å². The van der Waals surface area contributed by atoms with Gasteiger partial charge < -0.3 is 19.9 Å². The Kier molecular flexibility index (Phi) is 9.83. The van der Waals surface area contributed by atoms with E-state index in [0.717, 1.165) is 17.7 Å². The topological polar surface area (TPSA) is 88.1 Å². The molecule has 1 amide bonds. The maximum atomic E-state index is 12.9. The maximum absolute atomic E-state index is 12.9. The van der Waals surface area contributed by atoms with Crippen molar-refractivity contribution in [1.82, 2.24) is 4.90 Å². The van der Waals surface area contributed by atoms with Gasteiger partial charge in [0.2, 0.25) is 0 Å². The lowest BCUT2D eigenvalue weighted by Crippen LogP contribution is -2.39. The van der Waals surface area contributed by atoms with Crippen molar-refractivity contribution in [1.29, 1.82) is 0 Å². The van der Waals surface area contributed by atoms with Crippen LogP contribution in [0.25, 0.3) is 11.1 Å². The molecular formula is C30H36N2O5. The quantitative estimate of drug-likeness (QED) is 0.326. The van der Waals surface area contributed by atoms with E-state index in [-0.39, 0.29) is 11.7 Å². The van der Waals surface area contributed by atoms with Crippen LogP contribution in [-0.4, -0.2) is 60.6 Å². The predicted molar refractivity (Wildman–Crippen MR) is 147 cm³/mol. The molecule has 0 aliphatic carbocycles. The summed E-state index contributed by atoms with van der Waals surface area (Å²) in [7, 11) is 1.59. The zero-order valence-electron chi connectivity index (χ0n) is 22.2. The number of benzene rings is 3. The van der Waals surface area contributed by atoms with Crippen molar-refractivity contribution in [3.05, 3.63) is 77.9 Å². The summed E-state index contributed by atoms with van der Waals surface area (Å²) < 4.78 is 11.5. The molecule has 0 spiro atoms. The Morgan fingerprint density at radius 3 is 2.19 bits per heavy atom. The molecule has 0 unspecified atom stereocenters. The van der Waals surface area contributed by atoms with Gasteiger partial charge in [0.25, 0.3) is 5.91 Å². The van der Waals surface area contributed by atoms with Crippen LogP contribution in [0.15, 0.2) is 66.7 Å². The smallest absolute Gasteiger partial charge is 0.255 e. The molecule has 0 saturated heterocycles. The fraction of sp³-hybridized carbons (Fsp3) is 0.333. The first-order chi connectivity index (χ1) is 17.7. The summed E-state index contributed by atoms with van der Waals surface area (Å²) in [5, 5.41) is 12.0. The van der Waals surface area contributed by atoms with Crippen molar-refractivity contribution in [3.8, 4) is 22.6 Å². The lowest BCUT2D eigenvalue weighted by atomic mass is 10.0. The molecule has 0 fully saturated rings. The highest BCUT2D eigenvalue weighted by Gasteiger charge is 2.15. The van der Waals surface area contributed by atoms with Crippen molar-refractivity contribution >= 4 is 17.4 Å². The standard InChI is InChI=1S/C30H36N2O5/c1-20(2)32(21(3)4)15-16-37-29-18-26(13-14-28(29)36-5)31-30(35)23-11-9-22(10-12-23)24-7-6-8-25(17-24)27(34)19-33/h6-14,17-18,20-21,33H,15-16,19H2,1-5H3,(H,31,35). The van der Waals surface area contributed by atoms with E-state index in [1.165, 1.54) is 0 Å². The number of amides is 1. The highest BCUT2D eigenvalue weighted by atomic mass is 16.5. The predicted octanol–water partition coefficient (Wildman–Crippen LogP) is 5.29. The van der Waals surface area contributed by atoms with Gasteiger partial charge in [0.1, 0.15) is 13.2 Å². The molecule has 0 aromatic heterocycles. The van der Waals surface area contributed by atoms with Crippen LogP contribution in [0.3, 0.4) is 0 Å². The van der Waals surface area contributed by atoms with E-state index in [9.17, 15) is 9.59 Å². The maximum Gasteiger partial charge on any atom is 0.255 e. The van der Waals surface area contributed by atoms with Gasteiger partial charge in [0, 0.05) is 41.5 Å². The van der Waals surface area contributed by atoms with Crippen LogP contribution in [-0.2, 0) is 0 Å². The third-order valence-corrected chi connectivity index (χ3v) is 6.16. The van der Waals surface area contributed by atoms with Gasteiger partial charge in [-0.2, -0.15) is 0 Å². The van der Waals surface area contributed by atoms with Gasteiger partial charge in [-0.05, 0) is 69.2 Å². The number of rotatable bonds is 12. The van der Waals surface area contributed by atoms with E-state index in [1.54, 1.807) is 55.6 Å². The molecule has 0 bridgehead atoms. The van der Waals surface area contributed by atoms with Crippen LogP contribution in [0.1, 0.15) is 48.4 Å². The monoisotopic (exact) mass is 504 g/mol. The lowest BCUT2D eigenvalue weighted by molar-refractivity contribution is 0.0903. The van der Waals surface area contributed by atoms with Crippen molar-refractivity contribution in [2.45, 2.75) is 39.8 Å². The van der Waals surface area contributed by atoms with Crippen molar-refractivity contribution < 1.29 is 24.2 Å². The zero-order chi connectivity index (χ0) is 26.9. The minimum Gasteiger partial charge on any atom is -0.493 e. The molecule has 0 aliphatic rings. The fourth-order valence-corrected chi connectivity index (χ4v) is 4.22. The summed E-state index contributed by atoms with van der Waals surface area (Å²) in [5.41, 5.74) is 3.23. The first-order valence-electron chi connectivity index (χ1n) is 12.5. The normalized spacial score (nSPS) is 11.2. The number of carbonyl (C=O) groups is 2. The number of anilines is 1. The molecule has 3 aromatic rings. The van der Waals surface area contributed by atoms with E-state index >= 15 is 0 Å². The summed E-state index contributed by atoms with van der Waals surface area (Å²) in [6.45, 7) is 9.40. The van der Waals surface area contributed by atoms with Crippen molar-refractivity contribution in [2.24, 2.45) is 0 Å². The van der Waals surface area contributed by atoms with Crippen LogP contribution in [0.5, 0.6) is 11.5 Å². The Morgan fingerprint density at radius 1 is 0.865 bits per heavy atom. The third kappa shape index (κ3) is 7.41. The minimum absolute atomic E-state index is 0.252. The molecule has 3 rings (SSSR count). The Hall–Kier alpha value is -3.68. The highest BCUT2D eigenvalue weighted by Crippen LogP contribution is 2.31. The Bertz CT molecular complexity index is 1200. The van der Waals surface area contributed by atoms with Crippen LogP contribution in [0.4, 0.5) is 5.69 Å². The second-order valence-corrected chi connectivity index (χ2v) is 9.33. The second kappa shape index (κ2) is 13.0. The number of nitrogens with one attached hydrogen (secondary N) is 1. The number of aliphatic hydroxyl groups is 1. The molecule has 0 radical (unpaired) electrons. The average molecular weight is 505 g/mol. The van der Waals surface area contributed by atoms with Crippen LogP contribution >= 0.6 is 0 Å². The summed E-state index contributed by atoms with van der Waals surface area (Å²) in [6, 6.07) is 20.3. The molecule has 0 aliphatic heterocycles. The molecule has 3 aromatic carbocycles. The number of aliphatic hydroxyl groups excluding tert-OH is 1. The molecule has 0 heterocycles. The zero-order valence-corrected chi connectivity index (χ0v) is 22.2. The lowest BCUT2D eigenvalue weighted by Gasteiger charge is -2.30. The molecule has 7 heteroatoms. The van der Waals surface area contributed by atoms with Gasteiger partial charge >= 0.3 is 0 Å². The van der Waals surface area contributed by atoms with E-state index in [2.05, 4.69) is 37.9 Å². The number of ketones is 1. The summed E-state index contributed by atoms with van der Waals surface area (Å²) in [4.78, 5) is 27.0. The Balaban J connectivity index is 1.68. The first-order valence-corrected chi connectivity index (χ1v) is 12.5. The number of hydrogen-bond acceptors (Lipinski definition) is 6. The summed E-state index contributed by atoms with van der Waals surface area (Å²) in [6.07, 6.45) is 0. The SMILES string of the molecule is COc1ccc(NC(=O)c2ccc(-c3cccc(C(=O)CO)c3)cc2)cc1OCCN(C(C)C)C(C)C. The largest absolute Gasteiger partial charge is 0.493 e. The molecule has 7 nitrogen and oxygen atoms in total. The van der Waals surface area contributed by atoms with E-state index in [0.29, 0.717) is 47.0 Å². The van der Waals surface area contributed by atoms with Gasteiger partial charge in [0.15, 0.2) is 17.3 Å². The number of carbonyl (C=O) groups excluding carboxylic acids is 2. The van der Waals surface area contributed by atoms with Gasteiger partial charge in [-0.1, -0.05) is 30.3 Å².